The molecule has 1 heterocycles. The van der Waals surface area contributed by atoms with E-state index in [9.17, 15) is 0 Å². The number of aryl methyl sites for hydroxylation is 1. The van der Waals surface area contributed by atoms with Crippen LogP contribution in [0.3, 0.4) is 0 Å². The fraction of sp³-hybridized carbons (Fsp3) is 0.0909. The van der Waals surface area contributed by atoms with E-state index in [0.29, 0.717) is 0 Å². The largest absolute Gasteiger partial charge is 0.381 e. The summed E-state index contributed by atoms with van der Waals surface area (Å²) in [5.41, 5.74) is 7.32. The maximum atomic E-state index is 3.53. The zero-order valence-corrected chi connectivity index (χ0v) is 13.7. The second-order valence-electron chi connectivity index (χ2n) is 6.13. The minimum atomic E-state index is 0.841. The first-order valence-electron chi connectivity index (χ1n) is 8.26. The predicted molar refractivity (Wildman–Crippen MR) is 102 cm³/mol. The molecule has 24 heavy (non-hydrogen) atoms. The Labute approximate surface area is 142 Å². The van der Waals surface area contributed by atoms with E-state index in [1.165, 1.54) is 22.1 Å². The topological polar surface area (TPSA) is 27.8 Å². The summed E-state index contributed by atoms with van der Waals surface area (Å²) in [5, 5.41) is 4.75. The van der Waals surface area contributed by atoms with Crippen LogP contribution in [0.5, 0.6) is 0 Å². The van der Waals surface area contributed by atoms with Crippen LogP contribution in [0.1, 0.15) is 11.1 Å². The molecule has 4 rings (SSSR count). The van der Waals surface area contributed by atoms with Crippen LogP contribution in [0, 0.1) is 6.92 Å². The molecule has 0 saturated heterocycles. The number of benzene rings is 3. The molecule has 0 spiro atoms. The summed E-state index contributed by atoms with van der Waals surface area (Å²) in [6.45, 7) is 2.99. The molecule has 3 aromatic carbocycles. The molecule has 0 bridgehead atoms. The molecule has 0 fully saturated rings. The Morgan fingerprint density at radius 3 is 2.46 bits per heavy atom. The van der Waals surface area contributed by atoms with Gasteiger partial charge in [0, 0.05) is 28.8 Å². The van der Waals surface area contributed by atoms with Gasteiger partial charge in [-0.3, -0.25) is 0 Å². The first kappa shape index (κ1) is 14.6. The van der Waals surface area contributed by atoms with Crippen LogP contribution in [0.4, 0.5) is 5.69 Å². The lowest BCUT2D eigenvalue weighted by atomic mass is 10.1. The maximum Gasteiger partial charge on any atom is 0.0464 e. The first-order chi connectivity index (χ1) is 11.8. The van der Waals surface area contributed by atoms with Gasteiger partial charge in [0.1, 0.15) is 0 Å². The van der Waals surface area contributed by atoms with Crippen molar-refractivity contribution in [3.05, 3.63) is 90.0 Å². The zero-order chi connectivity index (χ0) is 16.4. The van der Waals surface area contributed by atoms with E-state index in [-0.39, 0.29) is 0 Å². The van der Waals surface area contributed by atoms with Gasteiger partial charge in [0.25, 0.3) is 0 Å². The Kier molecular flexibility index (Phi) is 3.80. The fourth-order valence-corrected chi connectivity index (χ4v) is 3.02. The van der Waals surface area contributed by atoms with Gasteiger partial charge in [-0.25, -0.2) is 0 Å². The van der Waals surface area contributed by atoms with Crippen molar-refractivity contribution in [2.45, 2.75) is 13.5 Å². The second kappa shape index (κ2) is 6.25. The lowest BCUT2D eigenvalue weighted by Gasteiger charge is -2.09. The van der Waals surface area contributed by atoms with Gasteiger partial charge >= 0.3 is 0 Å². The molecule has 2 N–H and O–H groups in total. The van der Waals surface area contributed by atoms with Crippen LogP contribution >= 0.6 is 0 Å². The molecule has 0 aliphatic heterocycles. The monoisotopic (exact) mass is 312 g/mol. The highest BCUT2D eigenvalue weighted by Gasteiger charge is 2.04. The van der Waals surface area contributed by atoms with Crippen LogP contribution in [0.25, 0.3) is 22.2 Å². The van der Waals surface area contributed by atoms with Crippen molar-refractivity contribution in [3.63, 3.8) is 0 Å². The SMILES string of the molecule is Cc1ccccc1CNc1ccc2[nH]c(-c3ccccc3)cc2c1. The standard InChI is InChI=1S/C22H20N2/c1-16-7-5-6-10-18(16)15-23-20-11-12-21-19(13-20)14-22(24-21)17-8-3-2-4-9-17/h2-14,23-24H,15H2,1H3. The summed E-state index contributed by atoms with van der Waals surface area (Å²) in [6.07, 6.45) is 0. The lowest BCUT2D eigenvalue weighted by molar-refractivity contribution is 1.12. The average molecular weight is 312 g/mol. The molecule has 0 aliphatic carbocycles. The quantitative estimate of drug-likeness (QED) is 0.493. The van der Waals surface area contributed by atoms with Crippen molar-refractivity contribution in [2.24, 2.45) is 0 Å². The third-order valence-electron chi connectivity index (χ3n) is 4.45. The van der Waals surface area contributed by atoms with Gasteiger partial charge in [-0.15, -0.1) is 0 Å². The van der Waals surface area contributed by atoms with Crippen LogP contribution in [-0.2, 0) is 6.54 Å². The normalized spacial score (nSPS) is 10.9. The Bertz CT molecular complexity index is 968. The predicted octanol–water partition coefficient (Wildman–Crippen LogP) is 5.76. The number of hydrogen-bond donors (Lipinski definition) is 2. The van der Waals surface area contributed by atoms with Gasteiger partial charge in [0.05, 0.1) is 0 Å². The van der Waals surface area contributed by atoms with E-state index in [2.05, 4.69) is 90.0 Å². The summed E-state index contributed by atoms with van der Waals surface area (Å²) in [4.78, 5) is 3.49. The van der Waals surface area contributed by atoms with Crippen molar-refractivity contribution in [1.82, 2.24) is 4.98 Å². The molecule has 0 unspecified atom stereocenters. The van der Waals surface area contributed by atoms with Crippen LogP contribution in [0.15, 0.2) is 78.9 Å². The maximum absolute atomic E-state index is 3.53. The smallest absolute Gasteiger partial charge is 0.0464 e. The molecule has 0 radical (unpaired) electrons. The summed E-state index contributed by atoms with van der Waals surface area (Å²) in [7, 11) is 0. The summed E-state index contributed by atoms with van der Waals surface area (Å²) >= 11 is 0. The van der Waals surface area contributed by atoms with E-state index >= 15 is 0 Å². The number of fused-ring (bicyclic) bond motifs is 1. The third-order valence-corrected chi connectivity index (χ3v) is 4.45. The third kappa shape index (κ3) is 2.91. The number of aromatic amines is 1. The van der Waals surface area contributed by atoms with Crippen molar-refractivity contribution in [3.8, 4) is 11.3 Å². The van der Waals surface area contributed by atoms with Crippen LogP contribution in [-0.4, -0.2) is 4.98 Å². The van der Waals surface area contributed by atoms with E-state index in [4.69, 9.17) is 0 Å². The molecule has 0 atom stereocenters. The zero-order valence-electron chi connectivity index (χ0n) is 13.7. The van der Waals surface area contributed by atoms with Crippen LogP contribution in [0.2, 0.25) is 0 Å². The van der Waals surface area contributed by atoms with Gasteiger partial charge in [-0.1, -0.05) is 54.6 Å². The van der Waals surface area contributed by atoms with Crippen molar-refractivity contribution >= 4 is 16.6 Å². The number of rotatable bonds is 4. The van der Waals surface area contributed by atoms with Gasteiger partial charge in [-0.2, -0.15) is 0 Å². The van der Waals surface area contributed by atoms with Gasteiger partial charge < -0.3 is 10.3 Å². The Balaban J connectivity index is 1.58. The molecular formula is C22H20N2. The highest BCUT2D eigenvalue weighted by Crippen LogP contribution is 2.26. The molecule has 0 aliphatic rings. The Morgan fingerprint density at radius 1 is 0.833 bits per heavy atom. The highest BCUT2D eigenvalue weighted by atomic mass is 14.9. The van der Waals surface area contributed by atoms with Gasteiger partial charge in [0.15, 0.2) is 0 Å². The summed E-state index contributed by atoms with van der Waals surface area (Å²) in [6, 6.07) is 27.6. The lowest BCUT2D eigenvalue weighted by Crippen LogP contribution is -2.00. The molecule has 2 nitrogen and oxygen atoms in total. The number of aromatic nitrogens is 1. The van der Waals surface area contributed by atoms with Gasteiger partial charge in [0.2, 0.25) is 0 Å². The molecule has 2 heteroatoms. The Morgan fingerprint density at radius 2 is 1.62 bits per heavy atom. The molecule has 0 amide bonds. The number of H-pyrrole nitrogens is 1. The molecule has 118 valence electrons. The molecule has 1 aromatic heterocycles. The molecule has 4 aromatic rings. The number of hydrogen-bond acceptors (Lipinski definition) is 1. The van der Waals surface area contributed by atoms with Crippen LogP contribution < -0.4 is 5.32 Å². The van der Waals surface area contributed by atoms with E-state index < -0.39 is 0 Å². The summed E-state index contributed by atoms with van der Waals surface area (Å²) in [5.74, 6) is 0. The summed E-state index contributed by atoms with van der Waals surface area (Å²) < 4.78 is 0. The van der Waals surface area contributed by atoms with E-state index in [1.807, 2.05) is 6.07 Å². The Hall–Kier alpha value is -3.00. The minimum Gasteiger partial charge on any atom is -0.381 e. The minimum absolute atomic E-state index is 0.841. The fourth-order valence-electron chi connectivity index (χ4n) is 3.02. The molecule has 0 saturated carbocycles. The van der Waals surface area contributed by atoms with Gasteiger partial charge in [-0.05, 0) is 47.9 Å². The highest BCUT2D eigenvalue weighted by molar-refractivity contribution is 5.88. The first-order valence-corrected chi connectivity index (χ1v) is 8.26. The van der Waals surface area contributed by atoms with Crippen molar-refractivity contribution in [2.75, 3.05) is 5.32 Å². The average Bonchev–Trinajstić information content (AvgIpc) is 3.05. The second-order valence-corrected chi connectivity index (χ2v) is 6.13. The van der Waals surface area contributed by atoms with Crippen molar-refractivity contribution < 1.29 is 0 Å². The van der Waals surface area contributed by atoms with Crippen molar-refractivity contribution in [1.29, 1.82) is 0 Å². The number of nitrogens with one attached hydrogen (secondary N) is 2. The number of anilines is 1. The van der Waals surface area contributed by atoms with E-state index in [0.717, 1.165) is 23.4 Å². The van der Waals surface area contributed by atoms with E-state index in [1.54, 1.807) is 0 Å². The molecular weight excluding hydrogens is 292 g/mol.